The number of guanidine groups is 1. The van der Waals surface area contributed by atoms with Gasteiger partial charge in [-0.3, -0.25) is 48.1 Å². The van der Waals surface area contributed by atoms with E-state index in [1.807, 2.05) is 31.2 Å². The van der Waals surface area contributed by atoms with Crippen molar-refractivity contribution in [1.29, 1.82) is 0 Å². The summed E-state index contributed by atoms with van der Waals surface area (Å²) in [6.07, 6.45) is 5.72. The first-order chi connectivity index (χ1) is 35.5. The van der Waals surface area contributed by atoms with Gasteiger partial charge in [-0.2, -0.15) is 0 Å². The molecule has 24 nitrogen and oxygen atoms in total. The zero-order valence-electron chi connectivity index (χ0n) is 41.7. The first-order valence-corrected chi connectivity index (χ1v) is 24.8. The van der Waals surface area contributed by atoms with Crippen molar-refractivity contribution in [2.24, 2.45) is 22.2 Å². The zero-order valence-corrected chi connectivity index (χ0v) is 41.7. The van der Waals surface area contributed by atoms with Crippen LogP contribution >= 0.6 is 0 Å². The highest BCUT2D eigenvalue weighted by Crippen LogP contribution is 2.20. The van der Waals surface area contributed by atoms with Crippen LogP contribution in [-0.2, 0) is 62.4 Å². The lowest BCUT2D eigenvalue weighted by Gasteiger charge is -2.28. The number of unbranched alkanes of at least 4 members (excludes halogenated alkanes) is 1. The maximum absolute atomic E-state index is 14.7. The Balaban J connectivity index is 1.55. The highest BCUT2D eigenvalue weighted by atomic mass is 16.2. The number of para-hydroxylation sites is 1. The molecule has 2 aromatic carbocycles. The number of aromatic nitrogens is 3. The number of nitrogens with two attached hydrogens (primary N) is 3. The average molecular weight is 1020 g/mol. The number of hydrogen-bond donors (Lipinski definition) is 13. The number of aromatic amines is 2. The molecule has 2 aromatic heterocycles. The number of benzene rings is 2. The standard InChI is InChI=1S/C50H69N15O9/c1-3-4-16-36(59-29(2)66)44(69)65-41-25-42(67)55-20-11-10-18-35(43(51)68)60-47(72)39(23-31-26-57-34-17-9-8-15-33(31)34)63-45(70)37(19-12-21-56-50(52)53)61-46(71)38(22-30-13-6-5-7-14-30)62-48(73)40(64-49(41)74)24-32-27-54-28-58-32/h5-9,13-15,17,26-28,35-41,57H,3-4,10-12,16,18-25H2,1-2H3,(H2,51,68)(H,54,58)(H,55,67)(H,59,66)(H,60,72)(H,61,71)(H,62,73)(H,63,70)(H,64,74)(H,65,69)(H4,52,53,56)/t35-,36-,37-,38+,39-,40+,41-/m0/s1. The normalized spacial score (nSPS) is 21.3. The van der Waals surface area contributed by atoms with E-state index in [2.05, 4.69) is 62.5 Å². The van der Waals surface area contributed by atoms with Gasteiger partial charge < -0.3 is 69.7 Å². The Bertz CT molecular complexity index is 2580. The molecule has 398 valence electrons. The number of hydrogen-bond acceptors (Lipinski definition) is 11. The summed E-state index contributed by atoms with van der Waals surface area (Å²) in [5.74, 6) is -7.10. The fourth-order valence-electron chi connectivity index (χ4n) is 8.40. The van der Waals surface area contributed by atoms with E-state index in [1.165, 1.54) is 19.4 Å². The van der Waals surface area contributed by atoms with Gasteiger partial charge in [-0.25, -0.2) is 4.98 Å². The van der Waals surface area contributed by atoms with Crippen LogP contribution in [0, 0.1) is 0 Å². The van der Waals surface area contributed by atoms with E-state index in [4.69, 9.17) is 17.2 Å². The Kier molecular flexibility index (Phi) is 21.9. The van der Waals surface area contributed by atoms with E-state index in [1.54, 1.807) is 36.5 Å². The second kappa shape index (κ2) is 28.7. The van der Waals surface area contributed by atoms with Gasteiger partial charge in [0.25, 0.3) is 0 Å². The molecule has 24 heteroatoms. The van der Waals surface area contributed by atoms with E-state index in [9.17, 15) is 43.2 Å². The monoisotopic (exact) mass is 1020 g/mol. The summed E-state index contributed by atoms with van der Waals surface area (Å²) in [6, 6.07) is 6.67. The topological polar surface area (TPSA) is 385 Å². The van der Waals surface area contributed by atoms with E-state index >= 15 is 0 Å². The van der Waals surface area contributed by atoms with Crippen molar-refractivity contribution in [3.8, 4) is 0 Å². The van der Waals surface area contributed by atoms with Gasteiger partial charge in [-0.05, 0) is 55.7 Å². The summed E-state index contributed by atoms with van der Waals surface area (Å²) in [5, 5.41) is 22.4. The van der Waals surface area contributed by atoms with Crippen LogP contribution in [0.2, 0.25) is 0 Å². The summed E-state index contributed by atoms with van der Waals surface area (Å²) < 4.78 is 0. The molecule has 1 fully saturated rings. The number of amides is 9. The Labute approximate surface area is 428 Å². The van der Waals surface area contributed by atoms with Gasteiger partial charge in [0.1, 0.15) is 42.3 Å². The van der Waals surface area contributed by atoms with Crippen molar-refractivity contribution < 1.29 is 43.2 Å². The number of carbonyl (C=O) groups excluding carboxylic acids is 9. The van der Waals surface area contributed by atoms with Gasteiger partial charge in [0.2, 0.25) is 53.2 Å². The number of H-pyrrole nitrogens is 2. The summed E-state index contributed by atoms with van der Waals surface area (Å²) >= 11 is 0. The Morgan fingerprint density at radius 3 is 2.08 bits per heavy atom. The lowest BCUT2D eigenvalue weighted by atomic mass is 10.0. The molecule has 5 rings (SSSR count). The molecule has 7 atom stereocenters. The number of nitrogens with zero attached hydrogens (tertiary/aromatic N) is 2. The molecule has 1 aliphatic heterocycles. The predicted molar refractivity (Wildman–Crippen MR) is 274 cm³/mol. The van der Waals surface area contributed by atoms with E-state index in [0.717, 1.165) is 10.9 Å². The second-order valence-electron chi connectivity index (χ2n) is 18.2. The molecule has 1 saturated heterocycles. The Hall–Kier alpha value is -8.31. The van der Waals surface area contributed by atoms with E-state index < -0.39 is 102 Å². The third-order valence-electron chi connectivity index (χ3n) is 12.3. The summed E-state index contributed by atoms with van der Waals surface area (Å²) in [7, 11) is 0. The first-order valence-electron chi connectivity index (χ1n) is 24.8. The second-order valence-corrected chi connectivity index (χ2v) is 18.2. The van der Waals surface area contributed by atoms with Crippen molar-refractivity contribution in [2.45, 2.75) is 133 Å². The van der Waals surface area contributed by atoms with Gasteiger partial charge in [-0.1, -0.05) is 68.3 Å². The Morgan fingerprint density at radius 1 is 0.757 bits per heavy atom. The first kappa shape index (κ1) is 56.6. The summed E-state index contributed by atoms with van der Waals surface area (Å²) in [6.45, 7) is 3.26. The number of imidazole rings is 1. The Morgan fingerprint density at radius 2 is 1.41 bits per heavy atom. The molecule has 0 radical (unpaired) electrons. The molecular weight excluding hydrogens is 955 g/mol. The van der Waals surface area contributed by atoms with Gasteiger partial charge >= 0.3 is 0 Å². The van der Waals surface area contributed by atoms with Crippen LogP contribution in [0.4, 0.5) is 0 Å². The van der Waals surface area contributed by atoms with Crippen molar-refractivity contribution in [3.63, 3.8) is 0 Å². The highest BCUT2D eigenvalue weighted by molar-refractivity contribution is 5.99. The van der Waals surface area contributed by atoms with Crippen molar-refractivity contribution in [3.05, 3.63) is 90.1 Å². The third kappa shape index (κ3) is 18.1. The minimum absolute atomic E-state index is 0.0408. The molecule has 0 saturated carbocycles. The molecule has 16 N–H and O–H groups in total. The van der Waals surface area contributed by atoms with E-state index in [-0.39, 0.29) is 76.8 Å². The van der Waals surface area contributed by atoms with Crippen molar-refractivity contribution in [2.75, 3.05) is 13.1 Å². The van der Waals surface area contributed by atoms with Crippen LogP contribution in [0.1, 0.15) is 88.5 Å². The molecule has 0 unspecified atom stereocenters. The summed E-state index contributed by atoms with van der Waals surface area (Å²) in [4.78, 5) is 139. The minimum atomic E-state index is -1.58. The third-order valence-corrected chi connectivity index (χ3v) is 12.3. The smallest absolute Gasteiger partial charge is 0.243 e. The molecule has 9 amide bonds. The van der Waals surface area contributed by atoms with E-state index in [0.29, 0.717) is 29.7 Å². The maximum Gasteiger partial charge on any atom is 0.243 e. The largest absolute Gasteiger partial charge is 0.370 e. The molecule has 3 heterocycles. The van der Waals surface area contributed by atoms with Crippen LogP contribution < -0.4 is 59.7 Å². The number of fused-ring (bicyclic) bond motifs is 1. The minimum Gasteiger partial charge on any atom is -0.370 e. The number of aliphatic imine (C=N–C) groups is 1. The van der Waals surface area contributed by atoms with Crippen molar-refractivity contribution in [1.82, 2.24) is 57.5 Å². The van der Waals surface area contributed by atoms with Gasteiger partial charge in [0, 0.05) is 68.3 Å². The molecule has 0 bridgehead atoms. The fraction of sp³-hybridized carbons (Fsp3) is 0.460. The van der Waals surface area contributed by atoms with Crippen molar-refractivity contribution >= 4 is 70.0 Å². The number of nitrogens with one attached hydrogen (secondary N) is 10. The SMILES string of the molecule is CCCC[C@H](NC(C)=O)C(=O)N[C@H]1CC(=O)NCCCC[C@@H](C(N)=O)NC(=O)[C@H](Cc2c[nH]c3ccccc23)NC(=O)[C@H](CCCN=C(N)N)NC(=O)[C@@H](Cc2ccccc2)NC(=O)[C@@H](Cc2cnc[nH]2)NC1=O. The molecule has 0 spiro atoms. The van der Waals surface area contributed by atoms with Gasteiger partial charge in [-0.15, -0.1) is 0 Å². The zero-order chi connectivity index (χ0) is 53.6. The lowest BCUT2D eigenvalue weighted by Crippen LogP contribution is -2.61. The number of carbonyl (C=O) groups is 9. The van der Waals surface area contributed by atoms with Crippen LogP contribution in [0.5, 0.6) is 0 Å². The number of primary amides is 1. The maximum atomic E-state index is 14.7. The fourth-order valence-corrected chi connectivity index (χ4v) is 8.40. The van der Waals surface area contributed by atoms with Crippen LogP contribution in [0.3, 0.4) is 0 Å². The highest BCUT2D eigenvalue weighted by Gasteiger charge is 2.35. The van der Waals surface area contributed by atoms with Gasteiger partial charge in [0.15, 0.2) is 5.96 Å². The van der Waals surface area contributed by atoms with Crippen LogP contribution in [-0.4, -0.2) is 129 Å². The predicted octanol–water partition coefficient (Wildman–Crippen LogP) is -1.25. The van der Waals surface area contributed by atoms with Gasteiger partial charge in [0.05, 0.1) is 12.7 Å². The lowest BCUT2D eigenvalue weighted by molar-refractivity contribution is -0.136. The molecular formula is C50H69N15O9. The molecule has 74 heavy (non-hydrogen) atoms. The number of rotatable bonds is 17. The quantitative estimate of drug-likeness (QED) is 0.0335. The molecule has 0 aliphatic carbocycles. The van der Waals surface area contributed by atoms with Crippen LogP contribution in [0.25, 0.3) is 10.9 Å². The molecule has 4 aromatic rings. The summed E-state index contributed by atoms with van der Waals surface area (Å²) in [5.41, 5.74) is 19.4. The molecule has 1 aliphatic rings. The van der Waals surface area contributed by atoms with Crippen LogP contribution in [0.15, 0.2) is 78.3 Å². The average Bonchev–Trinajstić information content (AvgIpc) is 4.04.